The van der Waals surface area contributed by atoms with Crippen LogP contribution < -0.4 is 20.5 Å². The van der Waals surface area contributed by atoms with Gasteiger partial charge in [-0.15, -0.1) is 0 Å². The molecule has 0 fully saturated rings. The standard InChI is InChI=1S/C8H12N4O2S/c1-4-10-6(13-2)5(12-8(9)15)7(11-4)14-3/h1-3H3,(H3,9,12,15). The Hall–Kier alpha value is -1.63. The van der Waals surface area contributed by atoms with Crippen molar-refractivity contribution >= 4 is 23.0 Å². The lowest BCUT2D eigenvalue weighted by molar-refractivity contribution is 0.374. The summed E-state index contributed by atoms with van der Waals surface area (Å²) in [6.45, 7) is 1.73. The van der Waals surface area contributed by atoms with Crippen molar-refractivity contribution in [2.24, 2.45) is 5.73 Å². The van der Waals surface area contributed by atoms with E-state index in [1.165, 1.54) is 14.2 Å². The largest absolute Gasteiger partial charge is 0.479 e. The fraction of sp³-hybridized carbons (Fsp3) is 0.375. The highest BCUT2D eigenvalue weighted by Crippen LogP contribution is 2.30. The average molecular weight is 228 g/mol. The van der Waals surface area contributed by atoms with Crippen LogP contribution in [0.2, 0.25) is 0 Å². The van der Waals surface area contributed by atoms with Gasteiger partial charge >= 0.3 is 0 Å². The third-order valence-corrected chi connectivity index (χ3v) is 1.69. The van der Waals surface area contributed by atoms with Crippen molar-refractivity contribution in [3.63, 3.8) is 0 Å². The third kappa shape index (κ3) is 2.66. The maximum atomic E-state index is 5.36. The number of thiocarbonyl (C=S) groups is 1. The molecule has 1 rings (SSSR count). The number of hydrogen-bond acceptors (Lipinski definition) is 5. The summed E-state index contributed by atoms with van der Waals surface area (Å²) in [5.41, 5.74) is 5.79. The second-order valence-electron chi connectivity index (χ2n) is 2.65. The third-order valence-electron chi connectivity index (χ3n) is 1.59. The molecule has 3 N–H and O–H groups in total. The van der Waals surface area contributed by atoms with E-state index in [1.54, 1.807) is 6.92 Å². The summed E-state index contributed by atoms with van der Waals surface area (Å²) >= 11 is 4.73. The molecule has 15 heavy (non-hydrogen) atoms. The minimum Gasteiger partial charge on any atom is -0.479 e. The number of aromatic nitrogens is 2. The summed E-state index contributed by atoms with van der Waals surface area (Å²) in [5, 5.41) is 2.80. The Bertz CT molecular complexity index is 358. The Morgan fingerprint density at radius 1 is 1.27 bits per heavy atom. The van der Waals surface area contributed by atoms with Gasteiger partial charge in [0.25, 0.3) is 0 Å². The van der Waals surface area contributed by atoms with Crippen LogP contribution in [-0.2, 0) is 0 Å². The number of aryl methyl sites for hydroxylation is 1. The zero-order valence-corrected chi connectivity index (χ0v) is 9.51. The minimum atomic E-state index is 0.0963. The van der Waals surface area contributed by atoms with Crippen molar-refractivity contribution in [1.82, 2.24) is 9.97 Å². The number of nitrogens with two attached hydrogens (primary N) is 1. The number of anilines is 1. The molecule has 1 heterocycles. The monoisotopic (exact) mass is 228 g/mol. The number of methoxy groups -OCH3 is 2. The van der Waals surface area contributed by atoms with E-state index in [0.29, 0.717) is 23.3 Å². The Morgan fingerprint density at radius 2 is 1.73 bits per heavy atom. The lowest BCUT2D eigenvalue weighted by atomic mass is 10.4. The molecule has 0 amide bonds. The van der Waals surface area contributed by atoms with Gasteiger partial charge in [-0.05, 0) is 19.1 Å². The molecule has 0 saturated heterocycles. The fourth-order valence-electron chi connectivity index (χ4n) is 1.05. The van der Waals surface area contributed by atoms with Crippen LogP contribution in [0.15, 0.2) is 0 Å². The first-order chi connectivity index (χ1) is 7.08. The summed E-state index contributed by atoms with van der Waals surface area (Å²) in [6.07, 6.45) is 0. The van der Waals surface area contributed by atoms with Gasteiger partial charge in [-0.3, -0.25) is 0 Å². The van der Waals surface area contributed by atoms with Gasteiger partial charge in [0.15, 0.2) is 10.8 Å². The lowest BCUT2D eigenvalue weighted by Gasteiger charge is -2.12. The van der Waals surface area contributed by atoms with Gasteiger partial charge in [0.05, 0.1) is 14.2 Å². The Kier molecular flexibility index (Phi) is 3.62. The summed E-state index contributed by atoms with van der Waals surface area (Å²) in [5.74, 6) is 1.22. The van der Waals surface area contributed by atoms with Gasteiger partial charge in [0.1, 0.15) is 5.82 Å². The van der Waals surface area contributed by atoms with E-state index in [2.05, 4.69) is 15.3 Å². The summed E-state index contributed by atoms with van der Waals surface area (Å²) in [7, 11) is 2.98. The normalized spacial score (nSPS) is 9.53. The lowest BCUT2D eigenvalue weighted by Crippen LogP contribution is -2.20. The highest BCUT2D eigenvalue weighted by atomic mass is 32.1. The van der Waals surface area contributed by atoms with Crippen LogP contribution in [0.3, 0.4) is 0 Å². The molecule has 0 unspecified atom stereocenters. The Labute approximate surface area is 92.8 Å². The van der Waals surface area contributed by atoms with Gasteiger partial charge in [0.2, 0.25) is 11.8 Å². The first kappa shape index (κ1) is 11.4. The highest BCUT2D eigenvalue weighted by Gasteiger charge is 2.14. The molecule has 0 saturated carbocycles. The van der Waals surface area contributed by atoms with Gasteiger partial charge in [-0.1, -0.05) is 0 Å². The molecular formula is C8H12N4O2S. The number of hydrogen-bond donors (Lipinski definition) is 2. The summed E-state index contributed by atoms with van der Waals surface area (Å²) in [6, 6.07) is 0. The van der Waals surface area contributed by atoms with Crippen LogP contribution in [0, 0.1) is 6.92 Å². The molecule has 0 aromatic carbocycles. The molecule has 0 spiro atoms. The van der Waals surface area contributed by atoms with Crippen LogP contribution in [-0.4, -0.2) is 29.3 Å². The predicted molar refractivity (Wildman–Crippen MR) is 60.3 cm³/mol. The number of ether oxygens (including phenoxy) is 2. The minimum absolute atomic E-state index is 0.0963. The molecule has 0 radical (unpaired) electrons. The van der Waals surface area contributed by atoms with E-state index in [1.807, 2.05) is 0 Å². The average Bonchev–Trinajstić information content (AvgIpc) is 2.19. The van der Waals surface area contributed by atoms with E-state index < -0.39 is 0 Å². The highest BCUT2D eigenvalue weighted by molar-refractivity contribution is 7.80. The smallest absolute Gasteiger partial charge is 0.245 e. The van der Waals surface area contributed by atoms with Crippen molar-refractivity contribution in [2.45, 2.75) is 6.92 Å². The maximum Gasteiger partial charge on any atom is 0.245 e. The first-order valence-electron chi connectivity index (χ1n) is 4.11. The van der Waals surface area contributed by atoms with Crippen molar-refractivity contribution in [3.8, 4) is 11.8 Å². The summed E-state index contributed by atoms with van der Waals surface area (Å²) in [4.78, 5) is 8.12. The van der Waals surface area contributed by atoms with Crippen LogP contribution in [0.1, 0.15) is 5.82 Å². The van der Waals surface area contributed by atoms with Crippen LogP contribution in [0.5, 0.6) is 11.8 Å². The number of nitrogens with zero attached hydrogens (tertiary/aromatic N) is 2. The van der Waals surface area contributed by atoms with Crippen LogP contribution in [0.25, 0.3) is 0 Å². The van der Waals surface area contributed by atoms with Crippen molar-refractivity contribution in [2.75, 3.05) is 19.5 Å². The molecule has 82 valence electrons. The SMILES string of the molecule is COc1nc(C)nc(OC)c1NC(N)=S. The van der Waals surface area contributed by atoms with Gasteiger partial charge in [0, 0.05) is 0 Å². The van der Waals surface area contributed by atoms with E-state index in [4.69, 9.17) is 27.4 Å². The second-order valence-corrected chi connectivity index (χ2v) is 3.09. The van der Waals surface area contributed by atoms with Gasteiger partial charge in [-0.25, -0.2) is 0 Å². The molecule has 0 aliphatic heterocycles. The topological polar surface area (TPSA) is 82.3 Å². The fourth-order valence-corrected chi connectivity index (χ4v) is 1.15. The molecular weight excluding hydrogens is 216 g/mol. The van der Waals surface area contributed by atoms with Crippen molar-refractivity contribution < 1.29 is 9.47 Å². The molecule has 6 nitrogen and oxygen atoms in total. The van der Waals surface area contributed by atoms with E-state index >= 15 is 0 Å². The quantitative estimate of drug-likeness (QED) is 0.727. The number of nitrogens with one attached hydrogen (secondary N) is 1. The number of rotatable bonds is 3. The first-order valence-corrected chi connectivity index (χ1v) is 4.52. The molecule has 1 aromatic rings. The summed E-state index contributed by atoms with van der Waals surface area (Å²) < 4.78 is 10.1. The van der Waals surface area contributed by atoms with E-state index in [-0.39, 0.29) is 5.11 Å². The zero-order valence-electron chi connectivity index (χ0n) is 8.70. The van der Waals surface area contributed by atoms with Crippen LogP contribution >= 0.6 is 12.2 Å². The molecule has 0 atom stereocenters. The molecule has 7 heteroatoms. The molecule has 0 bridgehead atoms. The van der Waals surface area contributed by atoms with Gasteiger partial charge in [-0.2, -0.15) is 9.97 Å². The molecule has 0 aliphatic carbocycles. The van der Waals surface area contributed by atoms with E-state index in [9.17, 15) is 0 Å². The van der Waals surface area contributed by atoms with E-state index in [0.717, 1.165) is 0 Å². The molecule has 0 aliphatic rings. The zero-order chi connectivity index (χ0) is 11.4. The molecule has 1 aromatic heterocycles. The Balaban J connectivity index is 3.23. The van der Waals surface area contributed by atoms with Crippen molar-refractivity contribution in [3.05, 3.63) is 5.82 Å². The van der Waals surface area contributed by atoms with Crippen molar-refractivity contribution in [1.29, 1.82) is 0 Å². The van der Waals surface area contributed by atoms with Gasteiger partial charge < -0.3 is 20.5 Å². The van der Waals surface area contributed by atoms with Crippen LogP contribution in [0.4, 0.5) is 5.69 Å². The second kappa shape index (κ2) is 4.74. The maximum absolute atomic E-state index is 5.36. The Morgan fingerprint density at radius 3 is 2.07 bits per heavy atom. The predicted octanol–water partition coefficient (Wildman–Crippen LogP) is 0.458.